The first-order valence-corrected chi connectivity index (χ1v) is 12.1. The predicted molar refractivity (Wildman–Crippen MR) is 120 cm³/mol. The van der Waals surface area contributed by atoms with E-state index in [1.807, 2.05) is 0 Å². The lowest BCUT2D eigenvalue weighted by Gasteiger charge is -2.78. The molecule has 0 spiro atoms. The summed E-state index contributed by atoms with van der Waals surface area (Å²) in [6.07, 6.45) is 11.6. The smallest absolute Gasteiger partial charge is 0.309 e. The quantitative estimate of drug-likeness (QED) is 0.528. The first-order chi connectivity index (χ1) is 13.6. The van der Waals surface area contributed by atoms with E-state index in [1.54, 1.807) is 0 Å². The second-order valence-electron chi connectivity index (χ2n) is 15.1. The summed E-state index contributed by atoms with van der Waals surface area (Å²) < 4.78 is 0. The number of hydrogen-bond acceptors (Lipinski definition) is 2. The van der Waals surface area contributed by atoms with Crippen molar-refractivity contribution >= 4 is 24.3 Å². The van der Waals surface area contributed by atoms with Crippen LogP contribution in [0.3, 0.4) is 0 Å². The molecule has 0 aliphatic heterocycles. The summed E-state index contributed by atoms with van der Waals surface area (Å²) in [5.74, 6) is -1.17. The first-order valence-electron chi connectivity index (χ1n) is 12.1. The van der Waals surface area contributed by atoms with Crippen molar-refractivity contribution in [1.29, 1.82) is 0 Å². The molecule has 0 radical (unpaired) electrons. The number of carbonyl (C=O) groups is 2. The molecule has 0 heterocycles. The van der Waals surface area contributed by atoms with Gasteiger partial charge >= 0.3 is 11.9 Å². The molecular formula is C26H39ClO4. The second kappa shape index (κ2) is 5.47. The van der Waals surface area contributed by atoms with Gasteiger partial charge in [0.15, 0.2) is 0 Å². The van der Waals surface area contributed by atoms with Crippen LogP contribution in [0.4, 0.5) is 0 Å². The number of aliphatic carboxylic acids is 2. The van der Waals surface area contributed by atoms with E-state index in [2.05, 4.69) is 27.7 Å². The van der Waals surface area contributed by atoms with Gasteiger partial charge in [-0.1, -0.05) is 27.7 Å². The molecule has 4 unspecified atom stereocenters. The summed E-state index contributed by atoms with van der Waals surface area (Å²) in [6.45, 7) is 9.41. The number of carboxylic acids is 2. The van der Waals surface area contributed by atoms with E-state index in [9.17, 15) is 19.8 Å². The lowest BCUT2D eigenvalue weighted by Crippen LogP contribution is -2.72. The summed E-state index contributed by atoms with van der Waals surface area (Å²) in [5, 5.41) is 20.9. The Morgan fingerprint density at radius 2 is 0.742 bits per heavy atom. The molecule has 174 valence electrons. The Bertz CT molecular complexity index is 784. The van der Waals surface area contributed by atoms with E-state index in [4.69, 9.17) is 0 Å². The van der Waals surface area contributed by atoms with Crippen molar-refractivity contribution < 1.29 is 19.8 Å². The fraction of sp³-hybridized carbons (Fsp3) is 0.923. The van der Waals surface area contributed by atoms with Crippen LogP contribution in [-0.4, -0.2) is 22.2 Å². The van der Waals surface area contributed by atoms with Gasteiger partial charge in [-0.25, -0.2) is 0 Å². The molecule has 8 saturated carbocycles. The van der Waals surface area contributed by atoms with E-state index in [1.165, 1.54) is 0 Å². The fourth-order valence-electron chi connectivity index (χ4n) is 13.0. The van der Waals surface area contributed by atoms with Crippen LogP contribution in [0.1, 0.15) is 105 Å². The third kappa shape index (κ3) is 2.55. The molecule has 8 aliphatic carbocycles. The fourth-order valence-corrected chi connectivity index (χ4v) is 13.0. The molecule has 8 rings (SSSR count). The minimum atomic E-state index is -0.597. The molecule has 4 nitrogen and oxygen atoms in total. The van der Waals surface area contributed by atoms with E-state index >= 15 is 0 Å². The van der Waals surface area contributed by atoms with E-state index in [0.717, 1.165) is 77.0 Å². The third-order valence-electron chi connectivity index (χ3n) is 11.2. The molecule has 31 heavy (non-hydrogen) atoms. The van der Waals surface area contributed by atoms with Gasteiger partial charge in [-0.2, -0.15) is 0 Å². The number of halogens is 1. The Balaban J connectivity index is 0.00000204. The van der Waals surface area contributed by atoms with Gasteiger partial charge in [-0.3, -0.25) is 9.59 Å². The van der Waals surface area contributed by atoms with Crippen LogP contribution in [0, 0.1) is 43.3 Å². The van der Waals surface area contributed by atoms with Crippen molar-refractivity contribution in [3.8, 4) is 0 Å². The van der Waals surface area contributed by atoms with Crippen LogP contribution in [0.15, 0.2) is 0 Å². The minimum Gasteiger partial charge on any atom is -0.481 e. The zero-order chi connectivity index (χ0) is 21.6. The molecule has 4 atom stereocenters. The van der Waals surface area contributed by atoms with Gasteiger partial charge in [0.2, 0.25) is 0 Å². The lowest BCUT2D eigenvalue weighted by molar-refractivity contribution is -0.295. The van der Waals surface area contributed by atoms with Crippen LogP contribution in [0.5, 0.6) is 0 Å². The second-order valence-corrected chi connectivity index (χ2v) is 15.1. The standard InChI is InChI=1S/C26H38O4.ClH/c1-19-5-20(2)8-23(7-19,17(27)28)15-25(11-19,12-20)26-13-21(3)6-22(4,14-26)10-24(9-21,16-26)18(29)30;/h5-16H2,1-4H3,(H,27,28)(H,29,30);1H. The average Bonchev–Trinajstić information content (AvgIpc) is 2.47. The SMILES string of the molecule is CC12CC3(C)CC(C(=O)O)(C1)CC(C14CC5(C)CC(C)(CC(C(=O)O)(C5)C1)C4)(C2)C3.Cl. The minimum absolute atomic E-state index is 0. The molecule has 0 aromatic heterocycles. The van der Waals surface area contributed by atoms with Gasteiger partial charge in [0, 0.05) is 0 Å². The van der Waals surface area contributed by atoms with E-state index in [0.29, 0.717) is 0 Å². The highest BCUT2D eigenvalue weighted by Gasteiger charge is 2.78. The molecule has 2 N–H and O–H groups in total. The Morgan fingerprint density at radius 1 is 0.484 bits per heavy atom. The van der Waals surface area contributed by atoms with E-state index in [-0.39, 0.29) is 44.9 Å². The van der Waals surface area contributed by atoms with Crippen molar-refractivity contribution in [2.45, 2.75) is 105 Å². The summed E-state index contributed by atoms with van der Waals surface area (Å²) >= 11 is 0. The average molecular weight is 451 g/mol. The number of carboxylic acid groups (broad SMARTS) is 2. The Labute approximate surface area is 192 Å². The maximum absolute atomic E-state index is 12.7. The predicted octanol–water partition coefficient (Wildman–Crippen LogP) is 6.31. The molecule has 8 fully saturated rings. The largest absolute Gasteiger partial charge is 0.481 e. The first kappa shape index (κ1) is 22.0. The van der Waals surface area contributed by atoms with E-state index < -0.39 is 22.8 Å². The highest BCUT2D eigenvalue weighted by molar-refractivity contribution is 5.85. The van der Waals surface area contributed by atoms with Crippen LogP contribution >= 0.6 is 12.4 Å². The highest BCUT2D eigenvalue weighted by Crippen LogP contribution is 2.85. The summed E-state index contributed by atoms with van der Waals surface area (Å²) in [7, 11) is 0. The van der Waals surface area contributed by atoms with Gasteiger partial charge in [0.05, 0.1) is 10.8 Å². The van der Waals surface area contributed by atoms with Crippen LogP contribution < -0.4 is 0 Å². The Kier molecular flexibility index (Phi) is 3.89. The van der Waals surface area contributed by atoms with Crippen molar-refractivity contribution in [3.05, 3.63) is 0 Å². The zero-order valence-corrected chi connectivity index (χ0v) is 20.4. The summed E-state index contributed by atoms with van der Waals surface area (Å²) in [5.41, 5.74) is -0.860. The van der Waals surface area contributed by atoms with Crippen molar-refractivity contribution in [2.24, 2.45) is 43.3 Å². The molecule has 0 amide bonds. The maximum Gasteiger partial charge on any atom is 0.309 e. The van der Waals surface area contributed by atoms with Crippen LogP contribution in [0.2, 0.25) is 0 Å². The van der Waals surface area contributed by atoms with Gasteiger partial charge in [-0.15, -0.1) is 12.4 Å². The molecule has 8 bridgehead atoms. The normalized spacial score (nSPS) is 60.6. The van der Waals surface area contributed by atoms with Gasteiger partial charge in [0.25, 0.3) is 0 Å². The Morgan fingerprint density at radius 3 is 0.968 bits per heavy atom. The van der Waals surface area contributed by atoms with Crippen LogP contribution in [0.25, 0.3) is 0 Å². The summed E-state index contributed by atoms with van der Waals surface area (Å²) in [4.78, 5) is 25.4. The molecule has 0 aromatic rings. The van der Waals surface area contributed by atoms with Crippen molar-refractivity contribution in [1.82, 2.24) is 0 Å². The molecule has 8 aliphatic rings. The maximum atomic E-state index is 12.7. The van der Waals surface area contributed by atoms with Gasteiger partial charge in [0.1, 0.15) is 0 Å². The highest BCUT2D eigenvalue weighted by atomic mass is 35.5. The molecule has 0 saturated heterocycles. The molecule has 0 aromatic carbocycles. The monoisotopic (exact) mass is 450 g/mol. The number of rotatable bonds is 3. The van der Waals surface area contributed by atoms with Gasteiger partial charge in [-0.05, 0) is 110 Å². The summed E-state index contributed by atoms with van der Waals surface area (Å²) in [6, 6.07) is 0. The topological polar surface area (TPSA) is 74.6 Å². The molecule has 5 heteroatoms. The van der Waals surface area contributed by atoms with Gasteiger partial charge < -0.3 is 10.2 Å². The zero-order valence-electron chi connectivity index (χ0n) is 19.6. The van der Waals surface area contributed by atoms with Crippen LogP contribution in [-0.2, 0) is 9.59 Å². The lowest BCUT2D eigenvalue weighted by atomic mass is 9.25. The van der Waals surface area contributed by atoms with Crippen molar-refractivity contribution in [3.63, 3.8) is 0 Å². The Hall–Kier alpha value is -0.770. The molecular weight excluding hydrogens is 412 g/mol. The number of hydrogen-bond donors (Lipinski definition) is 2. The van der Waals surface area contributed by atoms with Crippen molar-refractivity contribution in [2.75, 3.05) is 0 Å². The third-order valence-corrected chi connectivity index (χ3v) is 11.2.